The average Bonchev–Trinajstić information content (AvgIpc) is 2.41. The molecule has 0 heterocycles. The van der Waals surface area contributed by atoms with Crippen molar-refractivity contribution in [2.24, 2.45) is 5.92 Å². The van der Waals surface area contributed by atoms with Gasteiger partial charge in [-0.1, -0.05) is 19.1 Å². The maximum absolute atomic E-state index is 10.8. The lowest BCUT2D eigenvalue weighted by molar-refractivity contribution is -0.119. The molecule has 1 rings (SSSR count). The molecule has 0 bridgehead atoms. The summed E-state index contributed by atoms with van der Waals surface area (Å²) in [6.45, 7) is 9.37. The van der Waals surface area contributed by atoms with Gasteiger partial charge in [0, 0.05) is 31.5 Å². The van der Waals surface area contributed by atoms with Gasteiger partial charge in [-0.05, 0) is 56.1 Å². The normalized spacial score (nSPS) is 12.4. The lowest BCUT2D eigenvalue weighted by Crippen LogP contribution is -2.34. The zero-order valence-corrected chi connectivity index (χ0v) is 14.3. The monoisotopic (exact) mass is 309 g/mol. The van der Waals surface area contributed by atoms with Crippen LogP contribution in [0.25, 0.3) is 0 Å². The van der Waals surface area contributed by atoms with Crippen molar-refractivity contribution in [2.45, 2.75) is 25.7 Å². The summed E-state index contributed by atoms with van der Waals surface area (Å²) < 4.78 is 2.24. The van der Waals surface area contributed by atoms with Crippen molar-refractivity contribution < 1.29 is 4.79 Å². The van der Waals surface area contributed by atoms with Gasteiger partial charge in [-0.2, -0.15) is 0 Å². The quantitative estimate of drug-likeness (QED) is 0.543. The van der Waals surface area contributed by atoms with Crippen molar-refractivity contribution in [3.05, 3.63) is 29.8 Å². The minimum absolute atomic E-state index is 0.0381. The highest BCUT2D eigenvalue weighted by atomic mass is 32.2. The predicted octanol–water partition coefficient (Wildman–Crippen LogP) is 2.30. The molecule has 0 aliphatic carbocycles. The van der Waals surface area contributed by atoms with Gasteiger partial charge in [-0.25, -0.2) is 4.31 Å². The van der Waals surface area contributed by atoms with E-state index < -0.39 is 0 Å². The second kappa shape index (κ2) is 9.82. The van der Waals surface area contributed by atoms with Crippen LogP contribution in [0.5, 0.6) is 0 Å². The molecule has 0 radical (unpaired) electrons. The van der Waals surface area contributed by atoms with Gasteiger partial charge in [0.15, 0.2) is 0 Å². The molecule has 21 heavy (non-hydrogen) atoms. The van der Waals surface area contributed by atoms with Crippen LogP contribution in [0.4, 0.5) is 0 Å². The van der Waals surface area contributed by atoms with Crippen molar-refractivity contribution in [3.63, 3.8) is 0 Å². The van der Waals surface area contributed by atoms with E-state index in [4.69, 9.17) is 0 Å². The summed E-state index contributed by atoms with van der Waals surface area (Å²) in [6.07, 6.45) is 0. The number of likely N-dealkylation sites (N-methyl/N-ethyl adjacent to an activating group) is 1. The molecule has 0 aliphatic rings. The van der Waals surface area contributed by atoms with Crippen LogP contribution in [0.15, 0.2) is 29.2 Å². The number of carbonyl (C=O) groups excluding carboxylic acids is 1. The SMILES string of the molecule is CC(=O)NCC(C)CNCCN(C)Sc1cccc(C)c1. The Morgan fingerprint density at radius 3 is 2.81 bits per heavy atom. The highest BCUT2D eigenvalue weighted by molar-refractivity contribution is 7.97. The predicted molar refractivity (Wildman–Crippen MR) is 90.4 cm³/mol. The number of carbonyl (C=O) groups is 1. The lowest BCUT2D eigenvalue weighted by Gasteiger charge is -2.17. The van der Waals surface area contributed by atoms with Gasteiger partial charge in [-0.15, -0.1) is 0 Å². The van der Waals surface area contributed by atoms with Crippen LogP contribution in [0.2, 0.25) is 0 Å². The van der Waals surface area contributed by atoms with Crippen molar-refractivity contribution in [1.82, 2.24) is 14.9 Å². The second-order valence-electron chi connectivity index (χ2n) is 5.51. The Morgan fingerprint density at radius 2 is 2.14 bits per heavy atom. The van der Waals surface area contributed by atoms with Gasteiger partial charge < -0.3 is 10.6 Å². The van der Waals surface area contributed by atoms with E-state index in [-0.39, 0.29) is 5.91 Å². The van der Waals surface area contributed by atoms with Crippen LogP contribution in [-0.2, 0) is 4.79 Å². The molecule has 1 unspecified atom stereocenters. The van der Waals surface area contributed by atoms with E-state index in [0.29, 0.717) is 5.92 Å². The third-order valence-corrected chi connectivity index (χ3v) is 4.01. The first-order valence-corrected chi connectivity index (χ1v) is 8.15. The Kier molecular flexibility index (Phi) is 8.42. The number of rotatable bonds is 9. The Bertz CT molecular complexity index is 439. The molecular weight excluding hydrogens is 282 g/mol. The van der Waals surface area contributed by atoms with Crippen LogP contribution >= 0.6 is 11.9 Å². The second-order valence-corrected chi connectivity index (χ2v) is 6.78. The first-order valence-electron chi connectivity index (χ1n) is 7.38. The maximum Gasteiger partial charge on any atom is 0.216 e. The third kappa shape index (κ3) is 8.75. The van der Waals surface area contributed by atoms with Crippen LogP contribution in [0.3, 0.4) is 0 Å². The van der Waals surface area contributed by atoms with Crippen molar-refractivity contribution in [2.75, 3.05) is 33.2 Å². The fraction of sp³-hybridized carbons (Fsp3) is 0.562. The largest absolute Gasteiger partial charge is 0.356 e. The molecule has 1 aromatic rings. The summed E-state index contributed by atoms with van der Waals surface area (Å²) in [5.74, 6) is 0.486. The summed E-state index contributed by atoms with van der Waals surface area (Å²) in [5, 5.41) is 6.27. The molecule has 118 valence electrons. The molecule has 4 nitrogen and oxygen atoms in total. The van der Waals surface area contributed by atoms with Gasteiger partial charge in [0.25, 0.3) is 0 Å². The molecule has 0 aromatic heterocycles. The molecule has 2 N–H and O–H groups in total. The van der Waals surface area contributed by atoms with E-state index in [1.165, 1.54) is 10.5 Å². The van der Waals surface area contributed by atoms with E-state index in [1.54, 1.807) is 18.9 Å². The van der Waals surface area contributed by atoms with Crippen LogP contribution < -0.4 is 10.6 Å². The molecule has 1 aromatic carbocycles. The van der Waals surface area contributed by atoms with Crippen LogP contribution in [0, 0.1) is 12.8 Å². The highest BCUT2D eigenvalue weighted by Gasteiger charge is 2.04. The van der Waals surface area contributed by atoms with Gasteiger partial charge >= 0.3 is 0 Å². The number of nitrogens with zero attached hydrogens (tertiary/aromatic N) is 1. The molecule has 0 saturated heterocycles. The summed E-state index contributed by atoms with van der Waals surface area (Å²) in [6, 6.07) is 8.54. The van der Waals surface area contributed by atoms with Crippen LogP contribution in [-0.4, -0.2) is 43.4 Å². The summed E-state index contributed by atoms with van der Waals surface area (Å²) in [4.78, 5) is 12.1. The number of benzene rings is 1. The summed E-state index contributed by atoms with van der Waals surface area (Å²) in [7, 11) is 2.11. The Hall–Kier alpha value is -1.04. The first kappa shape index (κ1) is 18.0. The Morgan fingerprint density at radius 1 is 1.38 bits per heavy atom. The van der Waals surface area contributed by atoms with E-state index in [9.17, 15) is 4.79 Å². The summed E-state index contributed by atoms with van der Waals surface area (Å²) >= 11 is 1.77. The van der Waals surface area contributed by atoms with Gasteiger partial charge in [0.2, 0.25) is 5.91 Å². The smallest absolute Gasteiger partial charge is 0.216 e. The van der Waals surface area contributed by atoms with E-state index in [1.807, 2.05) is 0 Å². The Labute approximate surface area is 132 Å². The minimum atomic E-state index is 0.0381. The highest BCUT2D eigenvalue weighted by Crippen LogP contribution is 2.21. The maximum atomic E-state index is 10.8. The average molecular weight is 309 g/mol. The van der Waals surface area contributed by atoms with Crippen molar-refractivity contribution in [3.8, 4) is 0 Å². The fourth-order valence-corrected chi connectivity index (χ4v) is 2.79. The topological polar surface area (TPSA) is 44.4 Å². The fourth-order valence-electron chi connectivity index (χ4n) is 1.87. The first-order chi connectivity index (χ1) is 9.97. The number of nitrogens with one attached hydrogen (secondary N) is 2. The molecular formula is C16H27N3OS. The van der Waals surface area contributed by atoms with Crippen LogP contribution in [0.1, 0.15) is 19.4 Å². The molecule has 0 fully saturated rings. The van der Waals surface area contributed by atoms with E-state index in [0.717, 1.165) is 26.2 Å². The zero-order chi connectivity index (χ0) is 15.7. The third-order valence-electron chi connectivity index (χ3n) is 3.05. The van der Waals surface area contributed by atoms with Gasteiger partial charge in [0.1, 0.15) is 0 Å². The van der Waals surface area contributed by atoms with Crippen molar-refractivity contribution >= 4 is 17.9 Å². The van der Waals surface area contributed by atoms with Gasteiger partial charge in [-0.3, -0.25) is 4.79 Å². The van der Waals surface area contributed by atoms with Crippen molar-refractivity contribution in [1.29, 1.82) is 0 Å². The zero-order valence-electron chi connectivity index (χ0n) is 13.5. The van der Waals surface area contributed by atoms with Gasteiger partial charge in [0.05, 0.1) is 0 Å². The minimum Gasteiger partial charge on any atom is -0.356 e. The number of hydrogen-bond donors (Lipinski definition) is 2. The number of amides is 1. The molecule has 1 amide bonds. The lowest BCUT2D eigenvalue weighted by atomic mass is 10.2. The van der Waals surface area contributed by atoms with E-state index in [2.05, 4.69) is 60.1 Å². The number of aryl methyl sites for hydroxylation is 1. The number of hydrogen-bond acceptors (Lipinski definition) is 4. The Balaban J connectivity index is 2.13. The summed E-state index contributed by atoms with van der Waals surface area (Å²) in [5.41, 5.74) is 1.29. The molecule has 0 spiro atoms. The molecule has 5 heteroatoms. The molecule has 0 saturated carbocycles. The standard InChI is InChI=1S/C16H27N3OS/c1-13-6-5-7-16(10-13)21-19(4)9-8-17-11-14(2)12-18-15(3)20/h5-7,10,14,17H,8-9,11-12H2,1-4H3,(H,18,20). The molecule has 0 aliphatic heterocycles. The molecule has 1 atom stereocenters. The van der Waals surface area contributed by atoms with E-state index >= 15 is 0 Å².